The lowest BCUT2D eigenvalue weighted by atomic mass is 10.0. The maximum Gasteiger partial charge on any atom is 0.0483 e. The number of fused-ring (bicyclic) bond motifs is 1. The van der Waals surface area contributed by atoms with E-state index < -0.39 is 0 Å². The Kier molecular flexibility index (Phi) is 4.38. The van der Waals surface area contributed by atoms with Crippen molar-refractivity contribution in [3.8, 4) is 0 Å². The molecule has 3 heteroatoms. The molecule has 0 spiro atoms. The van der Waals surface area contributed by atoms with E-state index in [1.165, 1.54) is 29.4 Å². The lowest BCUT2D eigenvalue weighted by Crippen LogP contribution is -2.22. The van der Waals surface area contributed by atoms with Gasteiger partial charge in [-0.1, -0.05) is 25.1 Å². The first kappa shape index (κ1) is 13.7. The SMILES string of the molecule is CCNCc1cc2ccccc2n1CC1CCOCC1. The predicted molar refractivity (Wildman–Crippen MR) is 82.9 cm³/mol. The minimum atomic E-state index is 0.750. The Bertz CT molecular complexity index is 555. The van der Waals surface area contributed by atoms with Crippen LogP contribution in [-0.2, 0) is 17.8 Å². The fraction of sp³-hybridized carbons (Fsp3) is 0.529. The molecule has 0 aliphatic carbocycles. The van der Waals surface area contributed by atoms with Crippen LogP contribution in [0.25, 0.3) is 10.9 Å². The van der Waals surface area contributed by atoms with Crippen LogP contribution < -0.4 is 5.32 Å². The first-order chi connectivity index (χ1) is 9.88. The molecule has 0 radical (unpaired) electrons. The van der Waals surface area contributed by atoms with Gasteiger partial charge in [-0.3, -0.25) is 0 Å². The minimum Gasteiger partial charge on any atom is -0.381 e. The molecule has 20 heavy (non-hydrogen) atoms. The van der Waals surface area contributed by atoms with E-state index in [-0.39, 0.29) is 0 Å². The number of rotatable bonds is 5. The summed E-state index contributed by atoms with van der Waals surface area (Å²) in [5.74, 6) is 0.750. The Hall–Kier alpha value is -1.32. The Morgan fingerprint density at radius 1 is 1.25 bits per heavy atom. The quantitative estimate of drug-likeness (QED) is 0.904. The van der Waals surface area contributed by atoms with Crippen molar-refractivity contribution >= 4 is 10.9 Å². The summed E-state index contributed by atoms with van der Waals surface area (Å²) < 4.78 is 7.99. The van der Waals surface area contributed by atoms with E-state index in [0.717, 1.165) is 38.8 Å². The lowest BCUT2D eigenvalue weighted by molar-refractivity contribution is 0.0614. The number of hydrogen-bond donors (Lipinski definition) is 1. The van der Waals surface area contributed by atoms with Crippen molar-refractivity contribution in [2.45, 2.75) is 32.9 Å². The molecule has 0 saturated carbocycles. The molecule has 2 aromatic rings. The Balaban J connectivity index is 1.88. The van der Waals surface area contributed by atoms with Gasteiger partial charge in [-0.25, -0.2) is 0 Å². The topological polar surface area (TPSA) is 26.2 Å². The highest BCUT2D eigenvalue weighted by Gasteiger charge is 2.17. The fourth-order valence-corrected chi connectivity index (χ4v) is 3.07. The number of hydrogen-bond acceptors (Lipinski definition) is 2. The highest BCUT2D eigenvalue weighted by Crippen LogP contribution is 2.24. The summed E-state index contributed by atoms with van der Waals surface area (Å²) in [6, 6.07) is 11.0. The van der Waals surface area contributed by atoms with Gasteiger partial charge in [-0.05, 0) is 42.8 Å². The number of benzene rings is 1. The molecule has 1 aromatic carbocycles. The van der Waals surface area contributed by atoms with E-state index in [2.05, 4.69) is 47.1 Å². The summed E-state index contributed by atoms with van der Waals surface area (Å²) in [5, 5.41) is 4.81. The summed E-state index contributed by atoms with van der Waals surface area (Å²) in [6.07, 6.45) is 2.38. The fourth-order valence-electron chi connectivity index (χ4n) is 3.07. The van der Waals surface area contributed by atoms with Gasteiger partial charge in [0, 0.05) is 37.5 Å². The van der Waals surface area contributed by atoms with E-state index in [9.17, 15) is 0 Å². The molecule has 1 saturated heterocycles. The van der Waals surface area contributed by atoms with E-state index in [1.54, 1.807) is 0 Å². The van der Waals surface area contributed by atoms with Gasteiger partial charge in [-0.15, -0.1) is 0 Å². The molecule has 0 amide bonds. The molecule has 0 bridgehead atoms. The zero-order valence-corrected chi connectivity index (χ0v) is 12.3. The van der Waals surface area contributed by atoms with Crippen LogP contribution in [0.4, 0.5) is 0 Å². The molecule has 108 valence electrons. The lowest BCUT2D eigenvalue weighted by Gasteiger charge is -2.24. The van der Waals surface area contributed by atoms with Gasteiger partial charge in [-0.2, -0.15) is 0 Å². The largest absolute Gasteiger partial charge is 0.381 e. The van der Waals surface area contributed by atoms with Crippen LogP contribution >= 0.6 is 0 Å². The molecular formula is C17H24N2O. The normalized spacial score (nSPS) is 16.9. The van der Waals surface area contributed by atoms with Crippen LogP contribution in [0.3, 0.4) is 0 Å². The van der Waals surface area contributed by atoms with Crippen molar-refractivity contribution in [3.63, 3.8) is 0 Å². The summed E-state index contributed by atoms with van der Waals surface area (Å²) >= 11 is 0. The van der Waals surface area contributed by atoms with Crippen LogP contribution in [0.15, 0.2) is 30.3 Å². The van der Waals surface area contributed by atoms with Gasteiger partial charge in [0.05, 0.1) is 0 Å². The summed E-state index contributed by atoms with van der Waals surface area (Å²) in [7, 11) is 0. The number of nitrogens with zero attached hydrogens (tertiary/aromatic N) is 1. The Labute approximate surface area is 120 Å². The highest BCUT2D eigenvalue weighted by molar-refractivity contribution is 5.81. The van der Waals surface area contributed by atoms with Crippen LogP contribution in [0, 0.1) is 5.92 Å². The Morgan fingerprint density at radius 2 is 2.05 bits per heavy atom. The van der Waals surface area contributed by atoms with E-state index in [0.29, 0.717) is 0 Å². The predicted octanol–water partition coefficient (Wildman–Crippen LogP) is 3.18. The molecular weight excluding hydrogens is 248 g/mol. The van der Waals surface area contributed by atoms with Gasteiger partial charge in [0.15, 0.2) is 0 Å². The van der Waals surface area contributed by atoms with Gasteiger partial charge in [0.1, 0.15) is 0 Å². The van der Waals surface area contributed by atoms with Crippen LogP contribution in [0.1, 0.15) is 25.5 Å². The van der Waals surface area contributed by atoms with Crippen molar-refractivity contribution in [3.05, 3.63) is 36.0 Å². The van der Waals surface area contributed by atoms with Gasteiger partial charge in [0.25, 0.3) is 0 Å². The zero-order valence-electron chi connectivity index (χ0n) is 12.3. The van der Waals surface area contributed by atoms with Crippen LogP contribution in [-0.4, -0.2) is 24.3 Å². The number of ether oxygens (including phenoxy) is 1. The van der Waals surface area contributed by atoms with Crippen molar-refractivity contribution < 1.29 is 4.74 Å². The molecule has 0 atom stereocenters. The number of nitrogens with one attached hydrogen (secondary N) is 1. The molecule has 3 nitrogen and oxygen atoms in total. The van der Waals surface area contributed by atoms with E-state index in [1.807, 2.05) is 0 Å². The second kappa shape index (κ2) is 6.42. The molecule has 1 N–H and O–H groups in total. The second-order valence-corrected chi connectivity index (χ2v) is 5.64. The maximum atomic E-state index is 5.48. The first-order valence-electron chi connectivity index (χ1n) is 7.74. The van der Waals surface area contributed by atoms with Crippen molar-refractivity contribution in [1.29, 1.82) is 0 Å². The molecule has 1 aliphatic heterocycles. The van der Waals surface area contributed by atoms with Crippen molar-refractivity contribution in [2.75, 3.05) is 19.8 Å². The average Bonchev–Trinajstić information content (AvgIpc) is 2.84. The standard InChI is InChI=1S/C17H24N2O/c1-2-18-12-16-11-15-5-3-4-6-17(15)19(16)13-14-7-9-20-10-8-14/h3-6,11,14,18H,2,7-10,12-13H2,1H3. The summed E-state index contributed by atoms with van der Waals surface area (Å²) in [4.78, 5) is 0. The molecule has 2 heterocycles. The van der Waals surface area contributed by atoms with Gasteiger partial charge < -0.3 is 14.6 Å². The summed E-state index contributed by atoms with van der Waals surface area (Å²) in [5.41, 5.74) is 2.77. The van der Waals surface area contributed by atoms with E-state index in [4.69, 9.17) is 4.74 Å². The molecule has 3 rings (SSSR count). The third-order valence-electron chi connectivity index (χ3n) is 4.23. The molecule has 1 fully saturated rings. The first-order valence-corrected chi connectivity index (χ1v) is 7.74. The van der Waals surface area contributed by atoms with E-state index >= 15 is 0 Å². The summed E-state index contributed by atoms with van der Waals surface area (Å²) in [6.45, 7) is 7.09. The van der Waals surface area contributed by atoms with Crippen molar-refractivity contribution in [1.82, 2.24) is 9.88 Å². The number of para-hydroxylation sites is 1. The highest BCUT2D eigenvalue weighted by atomic mass is 16.5. The molecule has 1 aliphatic rings. The van der Waals surface area contributed by atoms with Gasteiger partial charge in [0.2, 0.25) is 0 Å². The second-order valence-electron chi connectivity index (χ2n) is 5.64. The minimum absolute atomic E-state index is 0.750. The van der Waals surface area contributed by atoms with Crippen molar-refractivity contribution in [2.24, 2.45) is 5.92 Å². The van der Waals surface area contributed by atoms with Crippen LogP contribution in [0.5, 0.6) is 0 Å². The van der Waals surface area contributed by atoms with Gasteiger partial charge >= 0.3 is 0 Å². The third-order valence-corrected chi connectivity index (χ3v) is 4.23. The van der Waals surface area contributed by atoms with Crippen LogP contribution in [0.2, 0.25) is 0 Å². The molecule has 1 aromatic heterocycles. The number of aromatic nitrogens is 1. The maximum absolute atomic E-state index is 5.48. The third kappa shape index (κ3) is 2.89. The average molecular weight is 272 g/mol. The Morgan fingerprint density at radius 3 is 2.85 bits per heavy atom. The zero-order chi connectivity index (χ0) is 13.8. The monoisotopic (exact) mass is 272 g/mol. The smallest absolute Gasteiger partial charge is 0.0483 e. The molecule has 0 unspecified atom stereocenters.